The van der Waals surface area contributed by atoms with Gasteiger partial charge in [0.1, 0.15) is 11.7 Å². The Labute approximate surface area is 191 Å². The van der Waals surface area contributed by atoms with E-state index in [0.29, 0.717) is 18.1 Å². The van der Waals surface area contributed by atoms with Crippen molar-refractivity contribution in [3.8, 4) is 5.75 Å². The molecule has 2 heterocycles. The zero-order valence-corrected chi connectivity index (χ0v) is 18.6. The van der Waals surface area contributed by atoms with Crippen LogP contribution < -0.4 is 4.74 Å². The quantitative estimate of drug-likeness (QED) is 0.666. The fourth-order valence-corrected chi connectivity index (χ4v) is 6.51. The molecule has 170 valence electrons. The second-order valence-corrected chi connectivity index (χ2v) is 9.65. The number of ether oxygens (including phenoxy) is 1. The summed E-state index contributed by atoms with van der Waals surface area (Å²) in [7, 11) is 1.64. The number of aromatic nitrogens is 1. The van der Waals surface area contributed by atoms with E-state index in [1.54, 1.807) is 7.11 Å². The minimum Gasteiger partial charge on any atom is -0.494 e. The summed E-state index contributed by atoms with van der Waals surface area (Å²) >= 11 is 0. The van der Waals surface area contributed by atoms with Gasteiger partial charge in [-0.1, -0.05) is 43.5 Å². The minimum atomic E-state index is -0.882. The number of carboxylic acid groups (broad SMARTS) is 2. The van der Waals surface area contributed by atoms with E-state index in [0.717, 1.165) is 46.2 Å². The Balaban J connectivity index is 1.68. The number of methoxy groups -OCH3 is 1. The lowest BCUT2D eigenvalue weighted by Crippen LogP contribution is -2.27. The van der Waals surface area contributed by atoms with Crippen LogP contribution in [0.15, 0.2) is 47.1 Å². The van der Waals surface area contributed by atoms with Gasteiger partial charge in [0, 0.05) is 17.5 Å². The van der Waals surface area contributed by atoms with E-state index in [1.807, 2.05) is 24.4 Å². The molecule has 1 aliphatic heterocycles. The number of carbonyl (C=O) groups is 2. The average Bonchev–Trinajstić information content (AvgIpc) is 3.48. The number of benzene rings is 1. The molecule has 0 amide bonds. The highest BCUT2D eigenvalue weighted by atomic mass is 16.5. The third-order valence-corrected chi connectivity index (χ3v) is 7.98. The highest BCUT2D eigenvalue weighted by molar-refractivity contribution is 5.99. The number of carboxylic acids is 2. The number of allylic oxidation sites excluding steroid dienone is 3. The summed E-state index contributed by atoms with van der Waals surface area (Å²) in [4.78, 5) is 24.4. The Morgan fingerprint density at radius 1 is 1.09 bits per heavy atom. The molecule has 3 atom stereocenters. The van der Waals surface area contributed by atoms with E-state index in [4.69, 9.17) is 4.74 Å². The lowest BCUT2D eigenvalue weighted by Gasteiger charge is -2.29. The maximum Gasteiger partial charge on any atom is 0.315 e. The normalized spacial score (nSPS) is 26.2. The van der Waals surface area contributed by atoms with Crippen molar-refractivity contribution in [3.63, 3.8) is 0 Å². The average molecular weight is 446 g/mol. The van der Waals surface area contributed by atoms with Gasteiger partial charge in [0.05, 0.1) is 24.2 Å². The first-order valence-corrected chi connectivity index (χ1v) is 11.8. The molecule has 6 rings (SSSR count). The Bertz CT molecular complexity index is 1290. The van der Waals surface area contributed by atoms with Crippen LogP contribution in [0.25, 0.3) is 17.1 Å². The van der Waals surface area contributed by atoms with E-state index in [1.165, 1.54) is 24.8 Å². The van der Waals surface area contributed by atoms with Gasteiger partial charge in [-0.2, -0.15) is 0 Å². The molecule has 6 nitrogen and oxygen atoms in total. The third kappa shape index (κ3) is 2.86. The van der Waals surface area contributed by atoms with E-state index in [2.05, 4.69) is 16.7 Å². The van der Waals surface area contributed by atoms with Gasteiger partial charge < -0.3 is 19.5 Å². The number of aliphatic carboxylic acids is 2. The van der Waals surface area contributed by atoms with Crippen molar-refractivity contribution in [1.29, 1.82) is 0 Å². The van der Waals surface area contributed by atoms with Crippen LogP contribution in [-0.2, 0) is 9.59 Å². The van der Waals surface area contributed by atoms with E-state index in [9.17, 15) is 19.8 Å². The summed E-state index contributed by atoms with van der Waals surface area (Å²) < 4.78 is 8.05. The molecule has 0 spiro atoms. The predicted octanol–water partition coefficient (Wildman–Crippen LogP) is 5.31. The largest absolute Gasteiger partial charge is 0.494 e. The van der Waals surface area contributed by atoms with Crippen molar-refractivity contribution in [2.75, 3.05) is 7.11 Å². The molecule has 0 saturated heterocycles. The molecule has 2 unspecified atom stereocenters. The van der Waals surface area contributed by atoms with Crippen LogP contribution in [0.5, 0.6) is 5.75 Å². The van der Waals surface area contributed by atoms with Gasteiger partial charge in [0.2, 0.25) is 0 Å². The first-order valence-electron chi connectivity index (χ1n) is 11.8. The standard InChI is InChI=1S/C27H27NO5/c1-33-25-18-12-5-9-15(14-7-3-2-4-8-14)23(18)28-13-19-20(22(19)27(31)32)16-10-6-11-17(26(29)30)21(16)24(25)28/h5-6,9-10,12-14,17,21-22H,2-4,7-8,11H2,1H3,(H,29,30)(H,31,32)/t17-,21?,22?/m1/s1. The van der Waals surface area contributed by atoms with Gasteiger partial charge in [0.15, 0.2) is 0 Å². The van der Waals surface area contributed by atoms with Crippen LogP contribution in [0.4, 0.5) is 0 Å². The number of fused-ring (bicyclic) bond motifs is 6. The smallest absolute Gasteiger partial charge is 0.315 e. The zero-order valence-electron chi connectivity index (χ0n) is 18.6. The predicted molar refractivity (Wildman–Crippen MR) is 124 cm³/mol. The lowest BCUT2D eigenvalue weighted by molar-refractivity contribution is -0.142. The molecule has 33 heavy (non-hydrogen) atoms. The van der Waals surface area contributed by atoms with Crippen LogP contribution in [0.3, 0.4) is 0 Å². The molecule has 1 aromatic carbocycles. The molecule has 0 radical (unpaired) electrons. The second kappa shape index (κ2) is 7.37. The highest BCUT2D eigenvalue weighted by Gasteiger charge is 2.52. The monoisotopic (exact) mass is 445 g/mol. The molecule has 2 N–H and O–H groups in total. The van der Waals surface area contributed by atoms with E-state index >= 15 is 0 Å². The summed E-state index contributed by atoms with van der Waals surface area (Å²) in [6, 6.07) is 6.29. The van der Waals surface area contributed by atoms with Crippen LogP contribution >= 0.6 is 0 Å². The second-order valence-electron chi connectivity index (χ2n) is 9.65. The van der Waals surface area contributed by atoms with Gasteiger partial charge >= 0.3 is 11.9 Å². The van der Waals surface area contributed by atoms with Crippen LogP contribution in [-0.4, -0.2) is 33.8 Å². The molecule has 3 aliphatic carbocycles. The SMILES string of the molecule is COc1c2n(c3c(C4CCCCC4)cccc13)C=C1C(=C3C=CC[C@@H](C(=O)O)C32)C1C(=O)O. The van der Waals surface area contributed by atoms with Gasteiger partial charge in [-0.3, -0.25) is 9.59 Å². The van der Waals surface area contributed by atoms with Crippen molar-refractivity contribution in [1.82, 2.24) is 4.57 Å². The van der Waals surface area contributed by atoms with Crippen molar-refractivity contribution >= 4 is 29.0 Å². The Kier molecular flexibility index (Phi) is 4.54. The minimum absolute atomic E-state index is 0.407. The molecular formula is C27H27NO5. The summed E-state index contributed by atoms with van der Waals surface area (Å²) in [5.41, 5.74) is 5.48. The van der Waals surface area contributed by atoms with Crippen molar-refractivity contribution in [2.45, 2.75) is 50.4 Å². The number of hydrogen-bond acceptors (Lipinski definition) is 3. The summed E-state index contributed by atoms with van der Waals surface area (Å²) in [6.45, 7) is 0. The number of hydrogen-bond donors (Lipinski definition) is 2. The van der Waals surface area contributed by atoms with Crippen molar-refractivity contribution in [2.24, 2.45) is 11.8 Å². The summed E-state index contributed by atoms with van der Waals surface area (Å²) in [6.07, 6.45) is 12.1. The maximum absolute atomic E-state index is 12.4. The number of rotatable bonds is 4. The third-order valence-electron chi connectivity index (χ3n) is 7.98. The maximum atomic E-state index is 12.4. The lowest BCUT2D eigenvalue weighted by atomic mass is 9.76. The van der Waals surface area contributed by atoms with Crippen LogP contribution in [0, 0.1) is 11.8 Å². The van der Waals surface area contributed by atoms with E-state index in [-0.39, 0.29) is 0 Å². The van der Waals surface area contributed by atoms with Gasteiger partial charge in [-0.15, -0.1) is 0 Å². The molecular weight excluding hydrogens is 418 g/mol. The van der Waals surface area contributed by atoms with Crippen molar-refractivity contribution in [3.05, 3.63) is 58.3 Å². The molecule has 0 bridgehead atoms. The zero-order chi connectivity index (χ0) is 22.9. The number of para-hydroxylation sites is 1. The summed E-state index contributed by atoms with van der Waals surface area (Å²) in [5, 5.41) is 21.0. The molecule has 1 aromatic heterocycles. The molecule has 6 heteroatoms. The van der Waals surface area contributed by atoms with Crippen LogP contribution in [0.2, 0.25) is 0 Å². The van der Waals surface area contributed by atoms with Gasteiger partial charge in [-0.25, -0.2) is 0 Å². The first-order chi connectivity index (χ1) is 16.0. The molecule has 2 saturated carbocycles. The highest BCUT2D eigenvalue weighted by Crippen LogP contribution is 2.58. The van der Waals surface area contributed by atoms with Gasteiger partial charge in [-0.05, 0) is 53.5 Å². The Morgan fingerprint density at radius 2 is 1.88 bits per heavy atom. The Hall–Kier alpha value is -3.28. The molecule has 2 aromatic rings. The summed E-state index contributed by atoms with van der Waals surface area (Å²) in [5.74, 6) is -2.40. The molecule has 4 aliphatic rings. The fourth-order valence-electron chi connectivity index (χ4n) is 6.51. The van der Waals surface area contributed by atoms with Crippen LogP contribution in [0.1, 0.15) is 61.6 Å². The van der Waals surface area contributed by atoms with E-state index < -0.39 is 29.7 Å². The topological polar surface area (TPSA) is 88.8 Å². The fraction of sp³-hybridized carbons (Fsp3) is 0.407. The van der Waals surface area contributed by atoms with Crippen molar-refractivity contribution < 1.29 is 24.5 Å². The first kappa shape index (κ1) is 20.3. The number of nitrogens with zero attached hydrogens (tertiary/aromatic N) is 1. The van der Waals surface area contributed by atoms with Gasteiger partial charge in [0.25, 0.3) is 0 Å². The molecule has 2 fully saturated rings. The Morgan fingerprint density at radius 3 is 2.58 bits per heavy atom.